The van der Waals surface area contributed by atoms with Gasteiger partial charge in [-0.2, -0.15) is 0 Å². The molecule has 1 atom stereocenters. The predicted molar refractivity (Wildman–Crippen MR) is 87.0 cm³/mol. The van der Waals surface area contributed by atoms with E-state index in [0.29, 0.717) is 5.56 Å². The van der Waals surface area contributed by atoms with E-state index in [4.69, 9.17) is 0 Å². The van der Waals surface area contributed by atoms with Crippen molar-refractivity contribution >= 4 is 5.91 Å². The molecule has 0 bridgehead atoms. The number of aromatic hydroxyl groups is 1. The molecule has 23 heavy (non-hydrogen) atoms. The second-order valence-corrected chi connectivity index (χ2v) is 6.75. The number of benzene rings is 1. The average molecular weight is 308 g/mol. The molecule has 2 aliphatic rings. The van der Waals surface area contributed by atoms with E-state index in [-0.39, 0.29) is 23.1 Å². The van der Waals surface area contributed by atoms with Crippen LogP contribution >= 0.6 is 0 Å². The normalized spacial score (nSPS) is 22.1. The standard InChI is InChI=1S/C19H20N2O2/c22-16-10-15(11-20-12-16)18(23)21-13-19(8-4-5-9-19)17(21)14-6-2-1-3-7-14/h1-3,6-7,10-12,17,22H,4-5,8-9,13H2. The van der Waals surface area contributed by atoms with Crippen molar-refractivity contribution in [1.29, 1.82) is 0 Å². The maximum Gasteiger partial charge on any atom is 0.256 e. The van der Waals surface area contributed by atoms with Gasteiger partial charge in [-0.25, -0.2) is 0 Å². The number of carbonyl (C=O) groups is 1. The van der Waals surface area contributed by atoms with E-state index in [2.05, 4.69) is 17.1 Å². The fourth-order valence-electron chi connectivity index (χ4n) is 4.31. The van der Waals surface area contributed by atoms with Crippen LogP contribution < -0.4 is 0 Å². The second kappa shape index (κ2) is 5.37. The lowest BCUT2D eigenvalue weighted by molar-refractivity contribution is -0.0511. The van der Waals surface area contributed by atoms with Crippen molar-refractivity contribution < 1.29 is 9.90 Å². The molecule has 1 aromatic carbocycles. The molecule has 2 fully saturated rings. The van der Waals surface area contributed by atoms with Gasteiger partial charge in [0.05, 0.1) is 17.8 Å². The Kier molecular flexibility index (Phi) is 3.33. The van der Waals surface area contributed by atoms with Crippen LogP contribution in [0.15, 0.2) is 48.8 Å². The van der Waals surface area contributed by atoms with Crippen molar-refractivity contribution in [1.82, 2.24) is 9.88 Å². The topological polar surface area (TPSA) is 53.4 Å². The molecule has 1 amide bonds. The molecule has 1 spiro atoms. The van der Waals surface area contributed by atoms with Gasteiger partial charge in [0.2, 0.25) is 0 Å². The Balaban J connectivity index is 1.67. The molecule has 0 radical (unpaired) electrons. The van der Waals surface area contributed by atoms with Crippen molar-refractivity contribution in [2.75, 3.05) is 6.54 Å². The lowest BCUT2D eigenvalue weighted by Gasteiger charge is -2.56. The quantitative estimate of drug-likeness (QED) is 0.923. The minimum absolute atomic E-state index is 0.0308. The molecule has 1 aliphatic heterocycles. The Morgan fingerprint density at radius 2 is 1.91 bits per heavy atom. The van der Waals surface area contributed by atoms with E-state index < -0.39 is 0 Å². The van der Waals surface area contributed by atoms with Gasteiger partial charge in [-0.3, -0.25) is 9.78 Å². The second-order valence-electron chi connectivity index (χ2n) is 6.75. The van der Waals surface area contributed by atoms with Crippen molar-refractivity contribution in [2.45, 2.75) is 31.7 Å². The third-order valence-electron chi connectivity index (χ3n) is 5.32. The Morgan fingerprint density at radius 3 is 2.61 bits per heavy atom. The molecule has 4 rings (SSSR count). The fourth-order valence-corrected chi connectivity index (χ4v) is 4.31. The summed E-state index contributed by atoms with van der Waals surface area (Å²) in [7, 11) is 0. The molecule has 1 saturated heterocycles. The maximum absolute atomic E-state index is 12.9. The number of carbonyl (C=O) groups excluding carboxylic acids is 1. The zero-order valence-electron chi connectivity index (χ0n) is 13.0. The number of aromatic nitrogens is 1. The fraction of sp³-hybridized carbons (Fsp3) is 0.368. The first-order chi connectivity index (χ1) is 11.2. The number of hydrogen-bond acceptors (Lipinski definition) is 3. The summed E-state index contributed by atoms with van der Waals surface area (Å²) in [5.74, 6) is -0.0111. The maximum atomic E-state index is 12.9. The summed E-state index contributed by atoms with van der Waals surface area (Å²) in [6.07, 6.45) is 7.76. The highest BCUT2D eigenvalue weighted by Gasteiger charge is 2.55. The highest BCUT2D eigenvalue weighted by atomic mass is 16.3. The molecule has 4 nitrogen and oxygen atoms in total. The molecular formula is C19H20N2O2. The molecule has 4 heteroatoms. The summed E-state index contributed by atoms with van der Waals surface area (Å²) < 4.78 is 0. The number of nitrogens with zero attached hydrogens (tertiary/aromatic N) is 2. The van der Waals surface area contributed by atoms with Gasteiger partial charge < -0.3 is 10.0 Å². The zero-order valence-corrected chi connectivity index (χ0v) is 13.0. The lowest BCUT2D eigenvalue weighted by Crippen LogP contribution is -2.59. The van der Waals surface area contributed by atoms with Gasteiger partial charge in [-0.15, -0.1) is 0 Å². The van der Waals surface area contributed by atoms with E-state index in [0.717, 1.165) is 6.54 Å². The number of rotatable bonds is 2. The first-order valence-corrected chi connectivity index (χ1v) is 8.20. The molecule has 1 aliphatic carbocycles. The zero-order chi connectivity index (χ0) is 15.9. The van der Waals surface area contributed by atoms with Crippen LogP contribution in [-0.4, -0.2) is 27.4 Å². The SMILES string of the molecule is O=C(c1cncc(O)c1)N1CC2(CCCC2)C1c1ccccc1. The third-order valence-corrected chi connectivity index (χ3v) is 5.32. The van der Waals surface area contributed by atoms with Crippen LogP contribution in [0.3, 0.4) is 0 Å². The smallest absolute Gasteiger partial charge is 0.256 e. The van der Waals surface area contributed by atoms with Crippen LogP contribution in [0.4, 0.5) is 0 Å². The van der Waals surface area contributed by atoms with Crippen LogP contribution in [0.2, 0.25) is 0 Å². The van der Waals surface area contributed by atoms with Crippen LogP contribution in [-0.2, 0) is 0 Å². The minimum Gasteiger partial charge on any atom is -0.506 e. The van der Waals surface area contributed by atoms with Gasteiger partial charge >= 0.3 is 0 Å². The number of likely N-dealkylation sites (tertiary alicyclic amines) is 1. The van der Waals surface area contributed by atoms with E-state index >= 15 is 0 Å². The van der Waals surface area contributed by atoms with Crippen LogP contribution in [0, 0.1) is 5.41 Å². The van der Waals surface area contributed by atoms with Crippen LogP contribution in [0.1, 0.15) is 47.6 Å². The highest BCUT2D eigenvalue weighted by molar-refractivity contribution is 5.95. The Hall–Kier alpha value is -2.36. The number of pyridine rings is 1. The lowest BCUT2D eigenvalue weighted by atomic mass is 9.67. The van der Waals surface area contributed by atoms with Crippen molar-refractivity contribution in [3.8, 4) is 5.75 Å². The first kappa shape index (κ1) is 14.2. The molecule has 1 aromatic heterocycles. The van der Waals surface area contributed by atoms with E-state index in [9.17, 15) is 9.90 Å². The van der Waals surface area contributed by atoms with E-state index in [1.165, 1.54) is 49.7 Å². The monoisotopic (exact) mass is 308 g/mol. The van der Waals surface area contributed by atoms with Crippen LogP contribution in [0.5, 0.6) is 5.75 Å². The van der Waals surface area contributed by atoms with Gasteiger partial charge in [-0.1, -0.05) is 43.2 Å². The summed E-state index contributed by atoms with van der Waals surface area (Å²) in [6.45, 7) is 0.807. The number of hydrogen-bond donors (Lipinski definition) is 1. The van der Waals surface area contributed by atoms with Crippen molar-refractivity contribution in [3.05, 3.63) is 59.9 Å². The van der Waals surface area contributed by atoms with Crippen LogP contribution in [0.25, 0.3) is 0 Å². The summed E-state index contributed by atoms with van der Waals surface area (Å²) in [6, 6.07) is 12.0. The molecule has 1 unspecified atom stereocenters. The van der Waals surface area contributed by atoms with E-state index in [1.807, 2.05) is 23.1 Å². The number of amides is 1. The summed E-state index contributed by atoms with van der Waals surface area (Å²) in [4.78, 5) is 18.8. The molecule has 1 N–H and O–H groups in total. The predicted octanol–water partition coefficient (Wildman–Crippen LogP) is 3.54. The summed E-state index contributed by atoms with van der Waals surface area (Å²) in [5, 5.41) is 9.59. The Morgan fingerprint density at radius 1 is 1.17 bits per heavy atom. The van der Waals surface area contributed by atoms with Gasteiger partial charge in [0, 0.05) is 18.2 Å². The Labute approximate surface area is 135 Å². The van der Waals surface area contributed by atoms with Crippen molar-refractivity contribution in [2.24, 2.45) is 5.41 Å². The molecule has 2 heterocycles. The highest BCUT2D eigenvalue weighted by Crippen LogP contribution is 2.58. The van der Waals surface area contributed by atoms with Gasteiger partial charge in [-0.05, 0) is 24.5 Å². The third kappa shape index (κ3) is 2.29. The van der Waals surface area contributed by atoms with Gasteiger partial charge in [0.15, 0.2) is 0 Å². The molecular weight excluding hydrogens is 288 g/mol. The first-order valence-electron chi connectivity index (χ1n) is 8.20. The summed E-state index contributed by atoms with van der Waals surface area (Å²) in [5.41, 5.74) is 1.90. The van der Waals surface area contributed by atoms with E-state index in [1.54, 1.807) is 0 Å². The molecule has 1 saturated carbocycles. The largest absolute Gasteiger partial charge is 0.506 e. The van der Waals surface area contributed by atoms with Gasteiger partial charge in [0.1, 0.15) is 5.75 Å². The summed E-state index contributed by atoms with van der Waals surface area (Å²) >= 11 is 0. The van der Waals surface area contributed by atoms with Gasteiger partial charge in [0.25, 0.3) is 5.91 Å². The Bertz CT molecular complexity index is 723. The molecule has 118 valence electrons. The molecule has 2 aromatic rings. The minimum atomic E-state index is -0.0419. The van der Waals surface area contributed by atoms with Crippen molar-refractivity contribution in [3.63, 3.8) is 0 Å². The average Bonchev–Trinajstić information content (AvgIpc) is 3.05.